The van der Waals surface area contributed by atoms with E-state index in [-0.39, 0.29) is 17.0 Å². The maximum absolute atomic E-state index is 12.8. The summed E-state index contributed by atoms with van der Waals surface area (Å²) in [6.07, 6.45) is 1.33. The fourth-order valence-corrected chi connectivity index (χ4v) is 3.39. The maximum Gasteiger partial charge on any atom is 0.312 e. The molecule has 1 heterocycles. The van der Waals surface area contributed by atoms with Crippen molar-refractivity contribution in [2.75, 3.05) is 7.11 Å². The highest BCUT2D eigenvalue weighted by molar-refractivity contribution is 9.10. The van der Waals surface area contributed by atoms with Crippen LogP contribution in [0.3, 0.4) is 0 Å². The smallest absolute Gasteiger partial charge is 0.312 e. The topological polar surface area (TPSA) is 99.6 Å². The maximum atomic E-state index is 12.8. The standard InChI is InChI=1S/C17H12Br2N4O4/c1-9-21-14-4-3-11(18)6-13(14)17(24)22(9)20-8-10-5-12(19)7-15(23(25)26)16(10)27-2/h3-8H,1-2H3. The Kier molecular flexibility index (Phi) is 5.38. The van der Waals surface area contributed by atoms with Crippen molar-refractivity contribution in [1.82, 2.24) is 9.66 Å². The van der Waals surface area contributed by atoms with Crippen LogP contribution in [0.4, 0.5) is 5.69 Å². The molecule has 27 heavy (non-hydrogen) atoms. The molecule has 2 aromatic carbocycles. The zero-order valence-electron chi connectivity index (χ0n) is 14.1. The molecule has 10 heteroatoms. The van der Waals surface area contributed by atoms with Gasteiger partial charge in [-0.2, -0.15) is 9.78 Å². The molecule has 0 radical (unpaired) electrons. The van der Waals surface area contributed by atoms with E-state index in [9.17, 15) is 14.9 Å². The monoisotopic (exact) mass is 494 g/mol. The number of hydrogen-bond donors (Lipinski definition) is 0. The van der Waals surface area contributed by atoms with Crippen molar-refractivity contribution in [2.24, 2.45) is 5.10 Å². The first-order chi connectivity index (χ1) is 12.8. The van der Waals surface area contributed by atoms with Gasteiger partial charge in [0, 0.05) is 20.6 Å². The molecule has 3 aromatic rings. The van der Waals surface area contributed by atoms with Crippen LogP contribution in [0.15, 0.2) is 49.2 Å². The lowest BCUT2D eigenvalue weighted by Crippen LogP contribution is -2.20. The van der Waals surface area contributed by atoms with Gasteiger partial charge < -0.3 is 4.74 Å². The fraction of sp³-hybridized carbons (Fsp3) is 0.118. The number of hydrogen-bond acceptors (Lipinski definition) is 6. The molecule has 0 N–H and O–H groups in total. The van der Waals surface area contributed by atoms with Crippen LogP contribution in [0.25, 0.3) is 10.9 Å². The summed E-state index contributed by atoms with van der Waals surface area (Å²) in [5.41, 5.74) is 0.346. The van der Waals surface area contributed by atoms with Gasteiger partial charge in [-0.3, -0.25) is 14.9 Å². The normalized spacial score (nSPS) is 11.3. The first-order valence-electron chi connectivity index (χ1n) is 7.57. The van der Waals surface area contributed by atoms with Gasteiger partial charge in [0.1, 0.15) is 5.82 Å². The van der Waals surface area contributed by atoms with Gasteiger partial charge in [-0.1, -0.05) is 31.9 Å². The van der Waals surface area contributed by atoms with Gasteiger partial charge in [0.2, 0.25) is 5.75 Å². The highest BCUT2D eigenvalue weighted by Gasteiger charge is 2.19. The number of methoxy groups -OCH3 is 1. The number of nitro benzene ring substituents is 1. The molecule has 0 aliphatic heterocycles. The van der Waals surface area contributed by atoms with E-state index in [0.717, 1.165) is 9.15 Å². The molecule has 0 spiro atoms. The van der Waals surface area contributed by atoms with Crippen LogP contribution in [0.1, 0.15) is 11.4 Å². The van der Waals surface area contributed by atoms with Crippen molar-refractivity contribution in [1.29, 1.82) is 0 Å². The Morgan fingerprint density at radius 2 is 2.00 bits per heavy atom. The molecule has 0 aliphatic rings. The number of halogens is 2. The van der Waals surface area contributed by atoms with E-state index < -0.39 is 4.92 Å². The van der Waals surface area contributed by atoms with Crippen molar-refractivity contribution < 1.29 is 9.66 Å². The lowest BCUT2D eigenvalue weighted by atomic mass is 10.2. The van der Waals surface area contributed by atoms with Crippen LogP contribution in [-0.4, -0.2) is 27.9 Å². The Morgan fingerprint density at radius 1 is 1.26 bits per heavy atom. The number of benzene rings is 2. The molecule has 0 amide bonds. The average Bonchev–Trinajstić information content (AvgIpc) is 2.61. The molecule has 0 bridgehead atoms. The SMILES string of the molecule is COc1c(C=Nn2c(C)nc3ccc(Br)cc3c2=O)cc(Br)cc1[N+](=O)[O-]. The van der Waals surface area contributed by atoms with Gasteiger partial charge in [0.15, 0.2) is 0 Å². The molecule has 3 rings (SSSR count). The van der Waals surface area contributed by atoms with Crippen LogP contribution in [0.2, 0.25) is 0 Å². The third-order valence-electron chi connectivity index (χ3n) is 3.75. The van der Waals surface area contributed by atoms with E-state index in [1.807, 2.05) is 0 Å². The summed E-state index contributed by atoms with van der Waals surface area (Å²) in [6.45, 7) is 1.65. The predicted molar refractivity (Wildman–Crippen MR) is 109 cm³/mol. The third-order valence-corrected chi connectivity index (χ3v) is 4.70. The Labute approximate surface area is 169 Å². The van der Waals surface area contributed by atoms with Crippen LogP contribution in [0.5, 0.6) is 5.75 Å². The van der Waals surface area contributed by atoms with Crippen molar-refractivity contribution in [3.63, 3.8) is 0 Å². The van der Waals surface area contributed by atoms with Gasteiger partial charge in [0.25, 0.3) is 5.56 Å². The quantitative estimate of drug-likeness (QED) is 0.309. The largest absolute Gasteiger partial charge is 0.490 e. The molecular formula is C17H12Br2N4O4. The second kappa shape index (κ2) is 7.57. The molecule has 0 saturated heterocycles. The third kappa shape index (κ3) is 3.76. The summed E-state index contributed by atoms with van der Waals surface area (Å²) >= 11 is 6.57. The number of fused-ring (bicyclic) bond motifs is 1. The van der Waals surface area contributed by atoms with Crippen molar-refractivity contribution >= 4 is 54.7 Å². The number of rotatable bonds is 4. The second-order valence-corrected chi connectivity index (χ2v) is 7.32. The van der Waals surface area contributed by atoms with Gasteiger partial charge in [-0.15, -0.1) is 0 Å². The summed E-state index contributed by atoms with van der Waals surface area (Å²) in [6, 6.07) is 8.15. The van der Waals surface area contributed by atoms with Crippen molar-refractivity contribution in [3.05, 3.63) is 71.1 Å². The van der Waals surface area contributed by atoms with Crippen LogP contribution in [-0.2, 0) is 0 Å². The molecule has 0 aliphatic carbocycles. The van der Waals surface area contributed by atoms with Gasteiger partial charge >= 0.3 is 5.69 Å². The van der Waals surface area contributed by atoms with Gasteiger partial charge in [0.05, 0.1) is 29.2 Å². The van der Waals surface area contributed by atoms with Crippen LogP contribution < -0.4 is 10.3 Å². The molecule has 0 fully saturated rings. The van der Waals surface area contributed by atoms with Crippen molar-refractivity contribution in [2.45, 2.75) is 6.92 Å². The predicted octanol–water partition coefficient (Wildman–Crippen LogP) is 4.03. The number of nitro groups is 1. The van der Waals surface area contributed by atoms with E-state index in [4.69, 9.17) is 4.74 Å². The van der Waals surface area contributed by atoms with E-state index in [2.05, 4.69) is 41.9 Å². The zero-order valence-corrected chi connectivity index (χ0v) is 17.3. The minimum atomic E-state index is -0.548. The van der Waals surface area contributed by atoms with Gasteiger partial charge in [-0.25, -0.2) is 4.98 Å². The second-order valence-electron chi connectivity index (χ2n) is 5.49. The molecule has 0 unspecified atom stereocenters. The molecule has 0 atom stereocenters. The number of aryl methyl sites for hydroxylation is 1. The first-order valence-corrected chi connectivity index (χ1v) is 9.15. The summed E-state index contributed by atoms with van der Waals surface area (Å²) in [5.74, 6) is 0.434. The number of aromatic nitrogens is 2. The highest BCUT2D eigenvalue weighted by atomic mass is 79.9. The Bertz CT molecular complexity index is 1160. The van der Waals surface area contributed by atoms with E-state index in [1.165, 1.54) is 19.4 Å². The van der Waals surface area contributed by atoms with E-state index >= 15 is 0 Å². The Balaban J connectivity index is 2.17. The molecule has 138 valence electrons. The summed E-state index contributed by atoms with van der Waals surface area (Å²) in [5, 5.41) is 15.8. The lowest BCUT2D eigenvalue weighted by molar-refractivity contribution is -0.385. The minimum Gasteiger partial charge on any atom is -0.490 e. The Morgan fingerprint density at radius 3 is 2.67 bits per heavy atom. The van der Waals surface area contributed by atoms with Crippen molar-refractivity contribution in [3.8, 4) is 5.75 Å². The summed E-state index contributed by atoms with van der Waals surface area (Å²) < 4.78 is 7.54. The lowest BCUT2D eigenvalue weighted by Gasteiger charge is -2.08. The number of nitrogens with zero attached hydrogens (tertiary/aromatic N) is 4. The highest BCUT2D eigenvalue weighted by Crippen LogP contribution is 2.33. The zero-order chi connectivity index (χ0) is 19.7. The van der Waals surface area contributed by atoms with Crippen LogP contribution >= 0.6 is 31.9 Å². The molecule has 0 saturated carbocycles. The first kappa shape index (κ1) is 19.2. The van der Waals surface area contributed by atoms with Crippen LogP contribution in [0, 0.1) is 17.0 Å². The minimum absolute atomic E-state index is 0.0501. The van der Waals surface area contributed by atoms with E-state index in [1.54, 1.807) is 31.2 Å². The average molecular weight is 496 g/mol. The number of ether oxygens (including phenoxy) is 1. The Hall–Kier alpha value is -2.59. The molecular weight excluding hydrogens is 484 g/mol. The van der Waals surface area contributed by atoms with E-state index in [0.29, 0.717) is 26.8 Å². The summed E-state index contributed by atoms with van der Waals surface area (Å²) in [7, 11) is 1.33. The summed E-state index contributed by atoms with van der Waals surface area (Å²) in [4.78, 5) is 27.8. The molecule has 8 nitrogen and oxygen atoms in total. The fourth-order valence-electron chi connectivity index (χ4n) is 2.57. The van der Waals surface area contributed by atoms with Gasteiger partial charge in [-0.05, 0) is 31.2 Å². The molecule has 1 aromatic heterocycles.